The second-order valence-electron chi connectivity index (χ2n) is 21.2. The number of thioether (sulfide) groups is 1. The van der Waals surface area contributed by atoms with Crippen LogP contribution in [0.2, 0.25) is 0 Å². The van der Waals surface area contributed by atoms with Crippen molar-refractivity contribution < 1.29 is 38.7 Å². The van der Waals surface area contributed by atoms with Crippen molar-refractivity contribution in [2.24, 2.45) is 11.8 Å². The zero-order chi connectivity index (χ0) is 55.9. The summed E-state index contributed by atoms with van der Waals surface area (Å²) in [6.07, 6.45) is 5.00. The van der Waals surface area contributed by atoms with Crippen molar-refractivity contribution in [3.63, 3.8) is 0 Å². The van der Waals surface area contributed by atoms with Crippen molar-refractivity contribution in [1.29, 1.82) is 0 Å². The molecule has 418 valence electrons. The summed E-state index contributed by atoms with van der Waals surface area (Å²) in [7, 11) is 0. The van der Waals surface area contributed by atoms with Crippen molar-refractivity contribution in [3.8, 4) is 0 Å². The zero-order valence-electron chi connectivity index (χ0n) is 45.4. The van der Waals surface area contributed by atoms with Gasteiger partial charge in [0.15, 0.2) is 5.78 Å². The van der Waals surface area contributed by atoms with Gasteiger partial charge in [-0.15, -0.1) is 0 Å². The Morgan fingerprint density at radius 1 is 0.570 bits per heavy atom. The van der Waals surface area contributed by atoms with Gasteiger partial charge in [-0.3, -0.25) is 28.8 Å². The third-order valence-corrected chi connectivity index (χ3v) is 16.1. The quantitative estimate of drug-likeness (QED) is 0.0127. The Morgan fingerprint density at radius 3 is 1.76 bits per heavy atom. The summed E-state index contributed by atoms with van der Waals surface area (Å²) in [5.74, 6) is -1.88. The lowest BCUT2D eigenvalue weighted by atomic mass is 9.88. The minimum atomic E-state index is -1.22. The molecule has 2 fully saturated rings. The fourth-order valence-electron chi connectivity index (χ4n) is 10.2. The van der Waals surface area contributed by atoms with Gasteiger partial charge in [0.2, 0.25) is 23.6 Å². The molecule has 15 nitrogen and oxygen atoms in total. The molecule has 5 aromatic carbocycles. The molecule has 8 N–H and O–H groups in total. The first-order valence-electron chi connectivity index (χ1n) is 27.9. The topological polar surface area (TPSA) is 224 Å². The number of ketones is 1. The second-order valence-corrected chi connectivity index (χ2v) is 22.5. The number of fused-ring (bicyclic) bond motifs is 1. The van der Waals surface area contributed by atoms with E-state index < -0.39 is 47.9 Å². The molecule has 7 amide bonds. The molecule has 5 aromatic rings. The normalized spacial score (nSPS) is 17.4. The van der Waals surface area contributed by atoms with Crippen LogP contribution in [0.3, 0.4) is 0 Å². The van der Waals surface area contributed by atoms with E-state index in [4.69, 9.17) is 0 Å². The summed E-state index contributed by atoms with van der Waals surface area (Å²) < 4.78 is 0. The highest BCUT2D eigenvalue weighted by molar-refractivity contribution is 8.00. The lowest BCUT2D eigenvalue weighted by Gasteiger charge is -2.29. The Hall–Kier alpha value is -7.30. The molecule has 79 heavy (non-hydrogen) atoms. The Kier molecular flexibility index (Phi) is 23.1. The summed E-state index contributed by atoms with van der Waals surface area (Å²) in [6.45, 7) is 4.81. The van der Waals surface area contributed by atoms with E-state index >= 15 is 0 Å². The van der Waals surface area contributed by atoms with Gasteiger partial charge in [0.05, 0.1) is 24.2 Å². The first-order valence-corrected chi connectivity index (χ1v) is 29.0. The summed E-state index contributed by atoms with van der Waals surface area (Å²) in [4.78, 5) is 94.3. The lowest BCUT2D eigenvalue weighted by Crippen LogP contribution is -2.56. The van der Waals surface area contributed by atoms with Crippen molar-refractivity contribution >= 4 is 53.1 Å². The Balaban J connectivity index is 0.948. The van der Waals surface area contributed by atoms with Crippen molar-refractivity contribution in [3.05, 3.63) is 179 Å². The highest BCUT2D eigenvalue weighted by atomic mass is 32.2. The molecule has 0 spiro atoms. The van der Waals surface area contributed by atoms with E-state index in [0.717, 1.165) is 54.5 Å². The van der Waals surface area contributed by atoms with Gasteiger partial charge in [0.1, 0.15) is 12.1 Å². The minimum Gasteiger partial charge on any atom is -0.391 e. The fourth-order valence-corrected chi connectivity index (χ4v) is 11.8. The van der Waals surface area contributed by atoms with Gasteiger partial charge < -0.3 is 42.3 Å². The van der Waals surface area contributed by atoms with Gasteiger partial charge in [0, 0.05) is 59.5 Å². The predicted octanol–water partition coefficient (Wildman–Crippen LogP) is 7.26. The number of urea groups is 1. The van der Waals surface area contributed by atoms with Crippen LogP contribution in [0.5, 0.6) is 0 Å². The number of nitrogens with one attached hydrogen (secondary N) is 7. The first-order chi connectivity index (χ1) is 38.3. The average Bonchev–Trinajstić information content (AvgIpc) is 4.03. The van der Waals surface area contributed by atoms with Gasteiger partial charge in [-0.2, -0.15) is 11.8 Å². The van der Waals surface area contributed by atoms with Gasteiger partial charge in [-0.05, 0) is 92.5 Å². The van der Waals surface area contributed by atoms with E-state index in [9.17, 15) is 38.7 Å². The third kappa shape index (κ3) is 18.9. The monoisotopic (exact) mass is 1090 g/mol. The standard InChI is InChI=1S/C63H77N7O8S/c1-42(2)36-51(62(77)68-52(39-45-24-12-5-13-25-45)61(76)65-35-19-7-18-34-64-56(72)29-17-16-28-55-57-53(41-79-55)69-63(78)70-57)67-60(75)49(37-43-20-8-3-9-21-43)40-54(71)50(38-44-22-10-4-11-23-44)66-59(74)48-32-30-47(31-33-48)58(73)46-26-14-6-15-27-46/h3-6,8-15,20-27,30-33,42,49-55,57,71H,7,16-19,28-29,34-41H2,1-2H3,(H,64,72)(H,65,76)(H,66,74)(H,67,75)(H,68,77)(H2,69,70,78)/t49-,50+,51+,52+,53?,54-,55?,57?/m1/s1. The molecule has 2 heterocycles. The van der Waals surface area contributed by atoms with E-state index in [1.165, 1.54) is 0 Å². The summed E-state index contributed by atoms with van der Waals surface area (Å²) >= 11 is 1.88. The SMILES string of the molecule is CC(C)C[C@H](NC(=O)[C@H](Cc1ccccc1)C[C@@H](O)[C@H](Cc1ccccc1)NC(=O)c1ccc(C(=O)c2ccccc2)cc1)C(=O)N[C@@H](Cc1ccccc1)C(=O)NCCCCCNC(=O)CCCCC1SCC2NC(=O)NC21. The molecule has 2 aliphatic heterocycles. The molecular formula is C63H77N7O8S. The number of unbranched alkanes of at least 4 members (excludes halogenated alkanes) is 3. The van der Waals surface area contributed by atoms with E-state index in [1.807, 2.05) is 123 Å². The van der Waals surface area contributed by atoms with Crippen molar-refractivity contribution in [1.82, 2.24) is 37.2 Å². The molecular weight excluding hydrogens is 1010 g/mol. The molecule has 0 saturated carbocycles. The molecule has 0 aliphatic carbocycles. The number of hydrogen-bond donors (Lipinski definition) is 8. The second kappa shape index (κ2) is 30.7. The van der Waals surface area contributed by atoms with Crippen LogP contribution in [-0.4, -0.2) is 107 Å². The van der Waals surface area contributed by atoms with Crippen LogP contribution in [0, 0.1) is 11.8 Å². The summed E-state index contributed by atoms with van der Waals surface area (Å²) in [5, 5.41) is 33.6. The molecule has 8 atom stereocenters. The number of hydrogen-bond acceptors (Lipinski definition) is 9. The van der Waals surface area contributed by atoms with Crippen molar-refractivity contribution in [2.45, 2.75) is 132 Å². The number of aliphatic hydroxyl groups is 1. The van der Waals surface area contributed by atoms with Crippen LogP contribution < -0.4 is 37.2 Å². The lowest BCUT2D eigenvalue weighted by molar-refractivity contribution is -0.134. The van der Waals surface area contributed by atoms with Crippen LogP contribution in [0.25, 0.3) is 0 Å². The van der Waals surface area contributed by atoms with E-state index in [2.05, 4.69) is 37.2 Å². The van der Waals surface area contributed by atoms with Crippen LogP contribution in [0.1, 0.15) is 115 Å². The fraction of sp³-hybridized carbons (Fsp3) is 0.413. The molecule has 3 unspecified atom stereocenters. The van der Waals surface area contributed by atoms with E-state index in [0.29, 0.717) is 47.9 Å². The van der Waals surface area contributed by atoms with Crippen LogP contribution in [0.4, 0.5) is 4.79 Å². The minimum absolute atomic E-state index is 0.0179. The van der Waals surface area contributed by atoms with Crippen LogP contribution in [-0.2, 0) is 38.4 Å². The predicted molar refractivity (Wildman–Crippen MR) is 309 cm³/mol. The van der Waals surface area contributed by atoms with Gasteiger partial charge in [-0.1, -0.05) is 154 Å². The number of carbonyl (C=O) groups is 7. The maximum atomic E-state index is 14.7. The number of rotatable bonds is 31. The summed E-state index contributed by atoms with van der Waals surface area (Å²) in [6, 6.07) is 41.0. The largest absolute Gasteiger partial charge is 0.391 e. The number of benzene rings is 5. The molecule has 7 rings (SSSR count). The summed E-state index contributed by atoms with van der Waals surface area (Å²) in [5.41, 5.74) is 3.80. The van der Waals surface area contributed by atoms with Gasteiger partial charge >= 0.3 is 6.03 Å². The smallest absolute Gasteiger partial charge is 0.315 e. The maximum Gasteiger partial charge on any atom is 0.315 e. The number of amides is 7. The zero-order valence-corrected chi connectivity index (χ0v) is 46.2. The highest BCUT2D eigenvalue weighted by Crippen LogP contribution is 2.33. The highest BCUT2D eigenvalue weighted by Gasteiger charge is 2.42. The third-order valence-electron chi connectivity index (χ3n) is 14.6. The molecule has 0 radical (unpaired) electrons. The number of carbonyl (C=O) groups excluding carboxylic acids is 7. The Morgan fingerprint density at radius 2 is 1.13 bits per heavy atom. The maximum absolute atomic E-state index is 14.7. The van der Waals surface area contributed by atoms with Crippen molar-refractivity contribution in [2.75, 3.05) is 18.8 Å². The number of aliphatic hydroxyl groups excluding tert-OH is 1. The molecule has 2 aliphatic rings. The van der Waals surface area contributed by atoms with Crippen LogP contribution >= 0.6 is 11.8 Å². The average molecular weight is 1090 g/mol. The van der Waals surface area contributed by atoms with E-state index in [1.54, 1.807) is 48.5 Å². The molecule has 0 aromatic heterocycles. The first kappa shape index (κ1) is 59.4. The van der Waals surface area contributed by atoms with Gasteiger partial charge in [-0.25, -0.2) is 4.79 Å². The Labute approximate surface area is 469 Å². The Bertz CT molecular complexity index is 2750. The molecule has 16 heteroatoms. The molecule has 2 saturated heterocycles. The van der Waals surface area contributed by atoms with E-state index in [-0.39, 0.29) is 73.7 Å². The molecule has 0 bridgehead atoms. The van der Waals surface area contributed by atoms with Gasteiger partial charge in [0.25, 0.3) is 5.91 Å². The van der Waals surface area contributed by atoms with Crippen LogP contribution in [0.15, 0.2) is 146 Å².